The Morgan fingerprint density at radius 2 is 2.28 bits per heavy atom. The summed E-state index contributed by atoms with van der Waals surface area (Å²) in [6.45, 7) is 1.47. The van der Waals surface area contributed by atoms with E-state index in [2.05, 4.69) is 0 Å². The van der Waals surface area contributed by atoms with Crippen molar-refractivity contribution in [2.45, 2.75) is 18.8 Å². The van der Waals surface area contributed by atoms with Crippen LogP contribution in [-0.2, 0) is 11.2 Å². The first-order valence-corrected chi connectivity index (χ1v) is 6.21. The molecule has 1 aromatic carbocycles. The smallest absolute Gasteiger partial charge is 0.311 e. The Morgan fingerprint density at radius 3 is 2.94 bits per heavy atom. The zero-order chi connectivity index (χ0) is 13.1. The Kier molecular flexibility index (Phi) is 3.87. The highest BCUT2D eigenvalue weighted by atomic mass is 16.5. The molecular formula is C14H19NO3. The molecule has 0 saturated heterocycles. The van der Waals surface area contributed by atoms with Crippen molar-refractivity contribution in [3.8, 4) is 5.75 Å². The summed E-state index contributed by atoms with van der Waals surface area (Å²) < 4.78 is 5.44. The summed E-state index contributed by atoms with van der Waals surface area (Å²) in [5.41, 5.74) is 2.01. The maximum atomic E-state index is 11.4. The van der Waals surface area contributed by atoms with E-state index < -0.39 is 11.9 Å². The Labute approximate surface area is 107 Å². The number of rotatable bonds is 5. The average molecular weight is 249 g/mol. The highest BCUT2D eigenvalue weighted by Crippen LogP contribution is 2.30. The molecule has 0 amide bonds. The van der Waals surface area contributed by atoms with Crippen LogP contribution in [0, 0.1) is 0 Å². The van der Waals surface area contributed by atoms with Gasteiger partial charge in [-0.25, -0.2) is 0 Å². The average Bonchev–Trinajstić information content (AvgIpc) is 2.75. The molecule has 98 valence electrons. The van der Waals surface area contributed by atoms with Crippen molar-refractivity contribution in [3.05, 3.63) is 29.3 Å². The van der Waals surface area contributed by atoms with Crippen LogP contribution in [-0.4, -0.2) is 43.2 Å². The second kappa shape index (κ2) is 5.40. The Bertz CT molecular complexity index is 443. The van der Waals surface area contributed by atoms with Gasteiger partial charge in [0.05, 0.1) is 12.5 Å². The highest BCUT2D eigenvalue weighted by molar-refractivity contribution is 5.76. The largest absolute Gasteiger partial charge is 0.493 e. The molecule has 0 aromatic heterocycles. The van der Waals surface area contributed by atoms with E-state index in [0.29, 0.717) is 13.0 Å². The molecule has 0 aliphatic carbocycles. The van der Waals surface area contributed by atoms with Crippen molar-refractivity contribution in [2.24, 2.45) is 0 Å². The number of carbonyl (C=O) groups is 1. The molecule has 4 nitrogen and oxygen atoms in total. The molecule has 1 atom stereocenters. The molecule has 1 heterocycles. The van der Waals surface area contributed by atoms with Gasteiger partial charge in [-0.3, -0.25) is 4.79 Å². The van der Waals surface area contributed by atoms with E-state index in [1.54, 1.807) is 0 Å². The van der Waals surface area contributed by atoms with Crippen LogP contribution in [0.5, 0.6) is 5.75 Å². The molecule has 2 rings (SSSR count). The maximum absolute atomic E-state index is 11.4. The van der Waals surface area contributed by atoms with Crippen LogP contribution in [0.15, 0.2) is 18.2 Å². The van der Waals surface area contributed by atoms with Crippen LogP contribution in [0.3, 0.4) is 0 Å². The first-order chi connectivity index (χ1) is 8.58. The fraction of sp³-hybridized carbons (Fsp3) is 0.500. The number of benzene rings is 1. The molecule has 18 heavy (non-hydrogen) atoms. The Hall–Kier alpha value is -1.55. The van der Waals surface area contributed by atoms with Crippen LogP contribution in [0.2, 0.25) is 0 Å². The third-order valence-electron chi connectivity index (χ3n) is 3.28. The number of carboxylic acids is 1. The van der Waals surface area contributed by atoms with Gasteiger partial charge in [-0.1, -0.05) is 12.1 Å². The van der Waals surface area contributed by atoms with Gasteiger partial charge in [0.15, 0.2) is 0 Å². The van der Waals surface area contributed by atoms with E-state index in [9.17, 15) is 9.90 Å². The van der Waals surface area contributed by atoms with Gasteiger partial charge in [0.25, 0.3) is 0 Å². The number of nitrogens with zero attached hydrogens (tertiary/aromatic N) is 1. The monoisotopic (exact) mass is 249 g/mol. The first-order valence-electron chi connectivity index (χ1n) is 6.21. The van der Waals surface area contributed by atoms with Gasteiger partial charge in [-0.05, 0) is 44.3 Å². The van der Waals surface area contributed by atoms with E-state index in [-0.39, 0.29) is 0 Å². The summed E-state index contributed by atoms with van der Waals surface area (Å²) >= 11 is 0. The number of hydrogen-bond acceptors (Lipinski definition) is 3. The second-order valence-electron chi connectivity index (χ2n) is 4.95. The zero-order valence-corrected chi connectivity index (χ0v) is 10.8. The summed E-state index contributed by atoms with van der Waals surface area (Å²) in [7, 11) is 3.91. The first kappa shape index (κ1) is 12.9. The van der Waals surface area contributed by atoms with E-state index in [0.717, 1.165) is 29.8 Å². The molecule has 0 fully saturated rings. The van der Waals surface area contributed by atoms with Crippen LogP contribution in [0.1, 0.15) is 23.5 Å². The maximum Gasteiger partial charge on any atom is 0.311 e. The van der Waals surface area contributed by atoms with Crippen LogP contribution in [0.4, 0.5) is 0 Å². The van der Waals surface area contributed by atoms with Crippen LogP contribution < -0.4 is 4.74 Å². The van der Waals surface area contributed by atoms with Gasteiger partial charge < -0.3 is 14.7 Å². The lowest BCUT2D eigenvalue weighted by Gasteiger charge is -2.16. The van der Waals surface area contributed by atoms with Crippen molar-refractivity contribution in [1.29, 1.82) is 0 Å². The lowest BCUT2D eigenvalue weighted by molar-refractivity contribution is -0.139. The molecular weight excluding hydrogens is 230 g/mol. The second-order valence-corrected chi connectivity index (χ2v) is 4.95. The SMILES string of the molecule is CN(C)CCC(C(=O)O)c1ccc2c(c1)CCO2. The van der Waals surface area contributed by atoms with Crippen LogP contribution >= 0.6 is 0 Å². The van der Waals surface area contributed by atoms with Crippen molar-refractivity contribution in [1.82, 2.24) is 4.90 Å². The number of hydrogen-bond donors (Lipinski definition) is 1. The van der Waals surface area contributed by atoms with Crippen molar-refractivity contribution >= 4 is 5.97 Å². The van der Waals surface area contributed by atoms with Crippen molar-refractivity contribution < 1.29 is 14.6 Å². The Balaban J connectivity index is 2.17. The fourth-order valence-electron chi connectivity index (χ4n) is 2.24. The number of aliphatic carboxylic acids is 1. The predicted molar refractivity (Wildman–Crippen MR) is 69.2 cm³/mol. The van der Waals surface area contributed by atoms with E-state index in [1.807, 2.05) is 37.2 Å². The summed E-state index contributed by atoms with van der Waals surface area (Å²) in [4.78, 5) is 13.4. The van der Waals surface area contributed by atoms with E-state index >= 15 is 0 Å². The van der Waals surface area contributed by atoms with Crippen molar-refractivity contribution in [3.63, 3.8) is 0 Å². The minimum Gasteiger partial charge on any atom is -0.493 e. The molecule has 0 spiro atoms. The predicted octanol–water partition coefficient (Wildman–Crippen LogP) is 1.74. The van der Waals surface area contributed by atoms with Gasteiger partial charge in [0, 0.05) is 6.42 Å². The fourth-order valence-corrected chi connectivity index (χ4v) is 2.24. The third kappa shape index (κ3) is 2.82. The molecule has 0 radical (unpaired) electrons. The third-order valence-corrected chi connectivity index (χ3v) is 3.28. The molecule has 1 aliphatic rings. The van der Waals surface area contributed by atoms with E-state index in [1.165, 1.54) is 0 Å². The Morgan fingerprint density at radius 1 is 1.50 bits per heavy atom. The lowest BCUT2D eigenvalue weighted by Crippen LogP contribution is -2.20. The van der Waals surface area contributed by atoms with Gasteiger partial charge in [0.1, 0.15) is 5.75 Å². The van der Waals surface area contributed by atoms with Crippen LogP contribution in [0.25, 0.3) is 0 Å². The van der Waals surface area contributed by atoms with E-state index in [4.69, 9.17) is 4.74 Å². The number of carboxylic acid groups (broad SMARTS) is 1. The molecule has 1 unspecified atom stereocenters. The van der Waals surface area contributed by atoms with Gasteiger partial charge in [-0.15, -0.1) is 0 Å². The standard InChI is InChI=1S/C14H19NO3/c1-15(2)7-5-12(14(16)17)10-3-4-13-11(9-10)6-8-18-13/h3-4,9,12H,5-8H2,1-2H3,(H,16,17). The molecule has 1 N–H and O–H groups in total. The minimum absolute atomic E-state index is 0.432. The topological polar surface area (TPSA) is 49.8 Å². The molecule has 4 heteroatoms. The van der Waals surface area contributed by atoms with Gasteiger partial charge in [-0.2, -0.15) is 0 Å². The minimum atomic E-state index is -0.754. The number of fused-ring (bicyclic) bond motifs is 1. The molecule has 0 bridgehead atoms. The molecule has 0 saturated carbocycles. The quantitative estimate of drug-likeness (QED) is 0.863. The highest BCUT2D eigenvalue weighted by Gasteiger charge is 2.22. The van der Waals surface area contributed by atoms with Gasteiger partial charge >= 0.3 is 5.97 Å². The zero-order valence-electron chi connectivity index (χ0n) is 10.8. The van der Waals surface area contributed by atoms with Gasteiger partial charge in [0.2, 0.25) is 0 Å². The molecule has 1 aromatic rings. The molecule has 1 aliphatic heterocycles. The lowest BCUT2D eigenvalue weighted by atomic mass is 9.93. The summed E-state index contributed by atoms with van der Waals surface area (Å²) in [5, 5.41) is 9.34. The number of ether oxygens (including phenoxy) is 1. The normalized spacial score (nSPS) is 15.3. The summed E-state index contributed by atoms with van der Waals surface area (Å²) in [6.07, 6.45) is 1.51. The van der Waals surface area contributed by atoms with Crippen molar-refractivity contribution in [2.75, 3.05) is 27.2 Å². The summed E-state index contributed by atoms with van der Waals surface area (Å²) in [6, 6.07) is 5.75. The summed E-state index contributed by atoms with van der Waals surface area (Å²) in [5.74, 6) is -0.287.